The summed E-state index contributed by atoms with van der Waals surface area (Å²) in [5.41, 5.74) is 0.795. The number of hydrogen-bond donors (Lipinski definition) is 2. The van der Waals surface area contributed by atoms with Crippen molar-refractivity contribution >= 4 is 21.4 Å². The SMILES string of the molecule is Cc1cc(S(=O)(=O)NCCOCC(C)C)sc1CO. The Morgan fingerprint density at radius 2 is 2.16 bits per heavy atom. The summed E-state index contributed by atoms with van der Waals surface area (Å²) in [6.07, 6.45) is 0. The lowest BCUT2D eigenvalue weighted by Crippen LogP contribution is -2.27. The Kier molecular flexibility index (Phi) is 6.41. The van der Waals surface area contributed by atoms with Crippen LogP contribution in [0.25, 0.3) is 0 Å². The highest BCUT2D eigenvalue weighted by Crippen LogP contribution is 2.25. The van der Waals surface area contributed by atoms with Crippen molar-refractivity contribution in [1.82, 2.24) is 4.72 Å². The van der Waals surface area contributed by atoms with Gasteiger partial charge in [-0.2, -0.15) is 0 Å². The number of rotatable bonds is 8. The van der Waals surface area contributed by atoms with Crippen LogP contribution in [0.5, 0.6) is 0 Å². The van der Waals surface area contributed by atoms with Crippen molar-refractivity contribution in [1.29, 1.82) is 0 Å². The normalized spacial score (nSPS) is 12.3. The number of thiophene rings is 1. The Morgan fingerprint density at radius 1 is 1.47 bits per heavy atom. The second-order valence-corrected chi connectivity index (χ2v) is 7.83. The Hall–Kier alpha value is -0.470. The van der Waals surface area contributed by atoms with Crippen molar-refractivity contribution in [3.8, 4) is 0 Å². The lowest BCUT2D eigenvalue weighted by molar-refractivity contribution is 0.114. The first-order valence-corrected chi connectivity index (χ1v) is 8.44. The molecule has 1 heterocycles. The van der Waals surface area contributed by atoms with Crippen molar-refractivity contribution in [2.75, 3.05) is 19.8 Å². The number of aryl methyl sites for hydroxylation is 1. The third kappa shape index (κ3) is 5.19. The van der Waals surface area contributed by atoms with E-state index >= 15 is 0 Å². The molecule has 0 aromatic carbocycles. The van der Waals surface area contributed by atoms with Gasteiger partial charge in [-0.25, -0.2) is 13.1 Å². The van der Waals surface area contributed by atoms with Gasteiger partial charge in [0.25, 0.3) is 0 Å². The molecule has 0 unspecified atom stereocenters. The lowest BCUT2D eigenvalue weighted by atomic mass is 10.2. The van der Waals surface area contributed by atoms with Crippen LogP contribution in [0.2, 0.25) is 0 Å². The fourth-order valence-corrected chi connectivity index (χ4v) is 3.92. The van der Waals surface area contributed by atoms with Gasteiger partial charge < -0.3 is 9.84 Å². The Labute approximate surface area is 118 Å². The minimum absolute atomic E-state index is 0.135. The number of sulfonamides is 1. The Balaban J connectivity index is 2.51. The van der Waals surface area contributed by atoms with Crippen LogP contribution in [-0.4, -0.2) is 33.3 Å². The summed E-state index contributed by atoms with van der Waals surface area (Å²) in [6.45, 7) is 6.95. The minimum atomic E-state index is -3.50. The molecule has 7 heteroatoms. The molecule has 0 spiro atoms. The molecule has 0 radical (unpaired) electrons. The first-order valence-electron chi connectivity index (χ1n) is 6.14. The average Bonchev–Trinajstić information content (AvgIpc) is 2.70. The number of aliphatic hydroxyl groups excluding tert-OH is 1. The summed E-state index contributed by atoms with van der Waals surface area (Å²) in [7, 11) is -3.50. The van der Waals surface area contributed by atoms with Crippen LogP contribution in [0.3, 0.4) is 0 Å². The molecule has 110 valence electrons. The van der Waals surface area contributed by atoms with Crippen molar-refractivity contribution in [3.63, 3.8) is 0 Å². The van der Waals surface area contributed by atoms with Gasteiger partial charge in [-0.1, -0.05) is 13.8 Å². The van der Waals surface area contributed by atoms with Crippen LogP contribution in [-0.2, 0) is 21.4 Å². The van der Waals surface area contributed by atoms with Crippen LogP contribution in [0.15, 0.2) is 10.3 Å². The first-order chi connectivity index (χ1) is 8.86. The van der Waals surface area contributed by atoms with E-state index in [2.05, 4.69) is 4.72 Å². The summed E-state index contributed by atoms with van der Waals surface area (Å²) in [5.74, 6) is 0.434. The molecule has 1 aromatic rings. The number of aliphatic hydroxyl groups is 1. The molecule has 0 aliphatic heterocycles. The van der Waals surface area contributed by atoms with E-state index in [9.17, 15) is 8.42 Å². The van der Waals surface area contributed by atoms with E-state index in [0.717, 1.165) is 16.9 Å². The van der Waals surface area contributed by atoms with Gasteiger partial charge in [0, 0.05) is 18.0 Å². The maximum atomic E-state index is 12.0. The molecule has 0 fully saturated rings. The predicted molar refractivity (Wildman–Crippen MR) is 75.8 cm³/mol. The molecule has 0 aliphatic rings. The van der Waals surface area contributed by atoms with Crippen LogP contribution in [0, 0.1) is 12.8 Å². The van der Waals surface area contributed by atoms with E-state index in [4.69, 9.17) is 9.84 Å². The van der Waals surface area contributed by atoms with E-state index < -0.39 is 10.0 Å². The second kappa shape index (κ2) is 7.35. The number of nitrogens with one attached hydrogen (secondary N) is 1. The van der Waals surface area contributed by atoms with Crippen LogP contribution in [0.4, 0.5) is 0 Å². The molecule has 0 saturated carbocycles. The van der Waals surface area contributed by atoms with Gasteiger partial charge in [0.15, 0.2) is 0 Å². The number of hydrogen-bond acceptors (Lipinski definition) is 5. The topological polar surface area (TPSA) is 75.6 Å². The van der Waals surface area contributed by atoms with Crippen molar-refractivity contribution in [2.24, 2.45) is 5.92 Å². The molecule has 5 nitrogen and oxygen atoms in total. The molecular formula is C12H21NO4S2. The zero-order valence-corrected chi connectivity index (χ0v) is 13.1. The molecule has 19 heavy (non-hydrogen) atoms. The smallest absolute Gasteiger partial charge is 0.250 e. The van der Waals surface area contributed by atoms with Gasteiger partial charge >= 0.3 is 0 Å². The van der Waals surface area contributed by atoms with E-state index in [1.807, 2.05) is 13.8 Å². The molecule has 0 atom stereocenters. The highest BCUT2D eigenvalue weighted by atomic mass is 32.2. The monoisotopic (exact) mass is 307 g/mol. The quantitative estimate of drug-likeness (QED) is 0.714. The molecule has 1 aromatic heterocycles. The highest BCUT2D eigenvalue weighted by Gasteiger charge is 2.18. The highest BCUT2D eigenvalue weighted by molar-refractivity contribution is 7.91. The van der Waals surface area contributed by atoms with Gasteiger partial charge in [-0.3, -0.25) is 0 Å². The fourth-order valence-electron chi connectivity index (χ4n) is 1.42. The zero-order chi connectivity index (χ0) is 14.5. The zero-order valence-electron chi connectivity index (χ0n) is 11.5. The summed E-state index contributed by atoms with van der Waals surface area (Å²) in [4.78, 5) is 0.677. The Morgan fingerprint density at radius 3 is 2.68 bits per heavy atom. The molecule has 0 amide bonds. The van der Waals surface area contributed by atoms with E-state index in [0.29, 0.717) is 24.0 Å². The third-order valence-electron chi connectivity index (χ3n) is 2.40. The lowest BCUT2D eigenvalue weighted by Gasteiger charge is -2.07. The summed E-state index contributed by atoms with van der Waals surface area (Å²) < 4.78 is 32.0. The fraction of sp³-hybridized carbons (Fsp3) is 0.667. The molecule has 0 bridgehead atoms. The van der Waals surface area contributed by atoms with Crippen molar-refractivity contribution in [3.05, 3.63) is 16.5 Å². The van der Waals surface area contributed by atoms with Crippen LogP contribution in [0.1, 0.15) is 24.3 Å². The summed E-state index contributed by atoms with van der Waals surface area (Å²) >= 11 is 1.09. The Bertz CT molecular complexity index is 494. The van der Waals surface area contributed by atoms with Crippen molar-refractivity contribution < 1.29 is 18.3 Å². The van der Waals surface area contributed by atoms with E-state index in [-0.39, 0.29) is 17.4 Å². The molecule has 2 N–H and O–H groups in total. The minimum Gasteiger partial charge on any atom is -0.391 e. The molecule has 0 saturated heterocycles. The van der Waals surface area contributed by atoms with Gasteiger partial charge in [0.1, 0.15) is 4.21 Å². The standard InChI is InChI=1S/C12H21NO4S2/c1-9(2)8-17-5-4-13-19(15,16)12-6-10(3)11(7-14)18-12/h6,9,13-14H,4-5,7-8H2,1-3H3. The third-order valence-corrected chi connectivity index (χ3v) is 5.55. The molecular weight excluding hydrogens is 286 g/mol. The summed E-state index contributed by atoms with van der Waals surface area (Å²) in [6, 6.07) is 1.58. The van der Waals surface area contributed by atoms with Gasteiger partial charge in [0.2, 0.25) is 10.0 Å². The molecule has 1 rings (SSSR count). The number of ether oxygens (including phenoxy) is 1. The van der Waals surface area contributed by atoms with E-state index in [1.54, 1.807) is 13.0 Å². The second-order valence-electron chi connectivity index (χ2n) is 4.70. The average molecular weight is 307 g/mol. The first kappa shape index (κ1) is 16.6. The largest absolute Gasteiger partial charge is 0.391 e. The van der Waals surface area contributed by atoms with Crippen LogP contribution < -0.4 is 4.72 Å². The van der Waals surface area contributed by atoms with Gasteiger partial charge in [-0.05, 0) is 24.5 Å². The van der Waals surface area contributed by atoms with Crippen molar-refractivity contribution in [2.45, 2.75) is 31.6 Å². The maximum Gasteiger partial charge on any atom is 0.250 e. The van der Waals surface area contributed by atoms with E-state index in [1.165, 1.54) is 0 Å². The molecule has 0 aliphatic carbocycles. The predicted octanol–water partition coefficient (Wildman–Crippen LogP) is 1.50. The van der Waals surface area contributed by atoms with Gasteiger partial charge in [0.05, 0.1) is 13.2 Å². The summed E-state index contributed by atoms with van der Waals surface area (Å²) in [5, 5.41) is 9.07. The maximum absolute atomic E-state index is 12.0. The van der Waals surface area contributed by atoms with Crippen LogP contribution >= 0.6 is 11.3 Å². The van der Waals surface area contributed by atoms with Gasteiger partial charge in [-0.15, -0.1) is 11.3 Å².